The highest BCUT2D eigenvalue weighted by molar-refractivity contribution is 6.25. The van der Waals surface area contributed by atoms with E-state index in [9.17, 15) is 4.79 Å². The highest BCUT2D eigenvalue weighted by Gasteiger charge is 1.84. The van der Waals surface area contributed by atoms with Crippen molar-refractivity contribution < 1.29 is 9.90 Å². The van der Waals surface area contributed by atoms with Crippen molar-refractivity contribution in [2.45, 2.75) is 6.92 Å². The molecule has 0 radical (unpaired) electrons. The Morgan fingerprint density at radius 3 is 2.44 bits per heavy atom. The number of rotatable bonds is 2. The van der Waals surface area contributed by atoms with Crippen LogP contribution in [0.25, 0.3) is 0 Å². The molecule has 2 nitrogen and oxygen atoms in total. The largest absolute Gasteiger partial charge is 0.478 e. The predicted octanol–water partition coefficient (Wildman–Crippen LogP) is 1.77. The summed E-state index contributed by atoms with van der Waals surface area (Å²) in [6, 6.07) is 0. The second-order valence-corrected chi connectivity index (χ2v) is 1.74. The number of carboxylic acid groups (broad SMARTS) is 1. The molecule has 0 aromatic carbocycles. The number of hydrogen-bond acceptors (Lipinski definition) is 1. The molecule has 0 aromatic rings. The minimum absolute atomic E-state index is 0.721. The third kappa shape index (κ3) is 5.11. The fourth-order valence-corrected chi connectivity index (χ4v) is 0.312. The van der Waals surface area contributed by atoms with Crippen LogP contribution < -0.4 is 0 Å². The number of halogens is 1. The molecule has 0 saturated carbocycles. The summed E-state index contributed by atoms with van der Waals surface area (Å²) < 4.78 is 0. The van der Waals surface area contributed by atoms with Crippen LogP contribution in [0.4, 0.5) is 0 Å². The lowest BCUT2D eigenvalue weighted by Crippen LogP contribution is -1.85. The smallest absolute Gasteiger partial charge is 0.328 e. The van der Waals surface area contributed by atoms with Gasteiger partial charge >= 0.3 is 5.97 Å². The number of carboxylic acids is 1. The van der Waals surface area contributed by atoms with E-state index in [0.29, 0.717) is 0 Å². The van der Waals surface area contributed by atoms with Crippen LogP contribution in [0.5, 0.6) is 0 Å². The lowest BCUT2D eigenvalue weighted by atomic mass is 10.3. The van der Waals surface area contributed by atoms with Crippen molar-refractivity contribution in [3.8, 4) is 0 Å². The maximum absolute atomic E-state index is 9.86. The second-order valence-electron chi connectivity index (χ2n) is 1.52. The van der Waals surface area contributed by atoms with Crippen LogP contribution in [0.3, 0.4) is 0 Å². The molecule has 0 aliphatic carbocycles. The molecular formula is C6H7ClO2. The highest BCUT2D eigenvalue weighted by Crippen LogP contribution is 1.95. The monoisotopic (exact) mass is 146 g/mol. The molecule has 0 fully saturated rings. The molecule has 1 N–H and O–H groups in total. The van der Waals surface area contributed by atoms with Gasteiger partial charge in [0.15, 0.2) is 0 Å². The summed E-state index contributed by atoms with van der Waals surface area (Å²) in [5, 5.41) is 8.10. The van der Waals surface area contributed by atoms with Crippen LogP contribution in [0, 0.1) is 0 Å². The number of carbonyl (C=O) groups is 1. The van der Waals surface area contributed by atoms with Crippen LogP contribution in [0.1, 0.15) is 6.92 Å². The van der Waals surface area contributed by atoms with Crippen molar-refractivity contribution >= 4 is 17.6 Å². The van der Waals surface area contributed by atoms with Gasteiger partial charge in [0.05, 0.1) is 0 Å². The topological polar surface area (TPSA) is 37.3 Å². The van der Waals surface area contributed by atoms with Gasteiger partial charge in [-0.3, -0.25) is 0 Å². The van der Waals surface area contributed by atoms with E-state index in [1.54, 1.807) is 6.92 Å². The number of allylic oxidation sites excluding steroid dienone is 2. The Bertz CT molecular complexity index is 158. The van der Waals surface area contributed by atoms with E-state index in [2.05, 4.69) is 0 Å². The Morgan fingerprint density at radius 2 is 2.11 bits per heavy atom. The first kappa shape index (κ1) is 8.24. The van der Waals surface area contributed by atoms with Crippen molar-refractivity contribution in [1.29, 1.82) is 0 Å². The summed E-state index contributed by atoms with van der Waals surface area (Å²) in [6.45, 7) is 1.71. The van der Waals surface area contributed by atoms with Crippen molar-refractivity contribution in [1.82, 2.24) is 0 Å². The summed E-state index contributed by atoms with van der Waals surface area (Å²) >= 11 is 5.23. The number of aliphatic carboxylic acids is 1. The fourth-order valence-electron chi connectivity index (χ4n) is 0.239. The highest BCUT2D eigenvalue weighted by atomic mass is 35.5. The zero-order chi connectivity index (χ0) is 7.28. The van der Waals surface area contributed by atoms with E-state index in [1.807, 2.05) is 0 Å². The van der Waals surface area contributed by atoms with E-state index >= 15 is 0 Å². The van der Waals surface area contributed by atoms with Crippen molar-refractivity contribution in [2.24, 2.45) is 0 Å². The average molecular weight is 147 g/mol. The van der Waals surface area contributed by atoms with Crippen LogP contribution in [-0.4, -0.2) is 11.1 Å². The minimum Gasteiger partial charge on any atom is -0.478 e. The SMILES string of the molecule is CC(/C=C/C(=O)O)=C\Cl. The summed E-state index contributed by atoms with van der Waals surface area (Å²) in [5.41, 5.74) is 2.04. The number of hydrogen-bond donors (Lipinski definition) is 1. The molecule has 0 saturated heterocycles. The molecule has 0 aliphatic rings. The second kappa shape index (κ2) is 4.15. The molecule has 50 valence electrons. The zero-order valence-corrected chi connectivity index (χ0v) is 5.72. The van der Waals surface area contributed by atoms with E-state index in [0.717, 1.165) is 11.6 Å². The summed E-state index contributed by atoms with van der Waals surface area (Å²) in [5.74, 6) is -0.965. The van der Waals surface area contributed by atoms with Gasteiger partial charge in [0, 0.05) is 11.6 Å². The first-order chi connectivity index (χ1) is 4.16. The molecular weight excluding hydrogens is 140 g/mol. The summed E-state index contributed by atoms with van der Waals surface area (Å²) in [6.07, 6.45) is 2.46. The van der Waals surface area contributed by atoms with Crippen molar-refractivity contribution in [2.75, 3.05) is 0 Å². The lowest BCUT2D eigenvalue weighted by Gasteiger charge is -1.82. The van der Waals surface area contributed by atoms with Gasteiger partial charge in [-0.05, 0) is 12.5 Å². The molecule has 0 atom stereocenters. The first-order valence-electron chi connectivity index (χ1n) is 2.35. The quantitative estimate of drug-likeness (QED) is 0.476. The Morgan fingerprint density at radius 1 is 1.56 bits per heavy atom. The molecule has 9 heavy (non-hydrogen) atoms. The molecule has 0 bridgehead atoms. The molecule has 0 spiro atoms. The van der Waals surface area contributed by atoms with Crippen LogP contribution in [-0.2, 0) is 4.79 Å². The van der Waals surface area contributed by atoms with Gasteiger partial charge in [-0.15, -0.1) is 0 Å². The van der Waals surface area contributed by atoms with E-state index in [4.69, 9.17) is 16.7 Å². The van der Waals surface area contributed by atoms with Crippen LogP contribution in [0.15, 0.2) is 23.3 Å². The van der Waals surface area contributed by atoms with Gasteiger partial charge in [0.25, 0.3) is 0 Å². The van der Waals surface area contributed by atoms with Gasteiger partial charge < -0.3 is 5.11 Å². The van der Waals surface area contributed by atoms with Crippen molar-refractivity contribution in [3.05, 3.63) is 23.3 Å². The van der Waals surface area contributed by atoms with Crippen molar-refractivity contribution in [3.63, 3.8) is 0 Å². The molecule has 0 amide bonds. The standard InChI is InChI=1S/C6H7ClO2/c1-5(4-7)2-3-6(8)9/h2-4H,1H3,(H,8,9)/b3-2+,5-4+. The Labute approximate surface area is 58.4 Å². The third-order valence-electron chi connectivity index (χ3n) is 0.661. The third-order valence-corrected chi connectivity index (χ3v) is 1.01. The zero-order valence-electron chi connectivity index (χ0n) is 4.97. The molecule has 0 rings (SSSR count). The molecule has 3 heteroatoms. The molecule has 0 unspecified atom stereocenters. The van der Waals surface area contributed by atoms with Crippen LogP contribution >= 0.6 is 11.6 Å². The molecule has 0 heterocycles. The van der Waals surface area contributed by atoms with E-state index in [-0.39, 0.29) is 0 Å². The van der Waals surface area contributed by atoms with Gasteiger partial charge in [-0.2, -0.15) is 0 Å². The fraction of sp³-hybridized carbons (Fsp3) is 0.167. The van der Waals surface area contributed by atoms with Gasteiger partial charge in [-0.25, -0.2) is 4.79 Å². The van der Waals surface area contributed by atoms with Gasteiger partial charge in [0.1, 0.15) is 0 Å². The Hall–Kier alpha value is -0.760. The normalized spacial score (nSPS) is 12.4. The molecule has 0 aliphatic heterocycles. The van der Waals surface area contributed by atoms with Gasteiger partial charge in [-0.1, -0.05) is 17.7 Å². The maximum atomic E-state index is 9.86. The minimum atomic E-state index is -0.965. The first-order valence-corrected chi connectivity index (χ1v) is 2.78. The molecule has 0 aromatic heterocycles. The lowest BCUT2D eigenvalue weighted by molar-refractivity contribution is -0.131. The van der Waals surface area contributed by atoms with Crippen LogP contribution in [0.2, 0.25) is 0 Å². The summed E-state index contributed by atoms with van der Waals surface area (Å²) in [7, 11) is 0. The summed E-state index contributed by atoms with van der Waals surface area (Å²) in [4.78, 5) is 9.86. The maximum Gasteiger partial charge on any atom is 0.328 e. The van der Waals surface area contributed by atoms with E-state index in [1.165, 1.54) is 11.6 Å². The van der Waals surface area contributed by atoms with E-state index < -0.39 is 5.97 Å². The predicted molar refractivity (Wildman–Crippen MR) is 36.4 cm³/mol. The van der Waals surface area contributed by atoms with Gasteiger partial charge in [0.2, 0.25) is 0 Å². The Kier molecular flexibility index (Phi) is 3.80. The average Bonchev–Trinajstić information content (AvgIpc) is 1.83. The Balaban J connectivity index is 3.86.